The third-order valence-corrected chi connectivity index (χ3v) is 6.63. The first-order valence-corrected chi connectivity index (χ1v) is 10.2. The van der Waals surface area contributed by atoms with Crippen LogP contribution in [0.15, 0.2) is 53.4 Å². The average Bonchev–Trinajstić information content (AvgIpc) is 2.68. The largest absolute Gasteiger partial charge is 0.365 e. The van der Waals surface area contributed by atoms with Crippen molar-refractivity contribution in [3.8, 4) is 0 Å². The van der Waals surface area contributed by atoms with Crippen LogP contribution in [-0.2, 0) is 14.8 Å². The van der Waals surface area contributed by atoms with Crippen molar-refractivity contribution >= 4 is 21.6 Å². The Morgan fingerprint density at radius 2 is 1.54 bits per heavy atom. The fourth-order valence-electron chi connectivity index (χ4n) is 3.11. The Morgan fingerprint density at radius 1 is 0.964 bits per heavy atom. The Bertz CT molecular complexity index is 926. The van der Waals surface area contributed by atoms with Gasteiger partial charge in [0.15, 0.2) is 4.90 Å². The molecule has 0 saturated carbocycles. The van der Waals surface area contributed by atoms with Crippen molar-refractivity contribution in [2.24, 2.45) is 0 Å². The Hall–Kier alpha value is -2.52. The molecule has 6 nitrogen and oxygen atoms in total. The first-order valence-electron chi connectivity index (χ1n) is 8.79. The summed E-state index contributed by atoms with van der Waals surface area (Å²) in [6, 6.07) is 12.4. The van der Waals surface area contributed by atoms with Crippen LogP contribution in [0.5, 0.6) is 0 Å². The molecule has 0 radical (unpaired) electrons. The van der Waals surface area contributed by atoms with E-state index >= 15 is 0 Å². The molecular weight excluding hydrogens is 388 g/mol. The third-order valence-electron chi connectivity index (χ3n) is 4.68. The molecule has 3 rings (SSSR count). The zero-order valence-corrected chi connectivity index (χ0v) is 16.2. The molecule has 28 heavy (non-hydrogen) atoms. The van der Waals surface area contributed by atoms with E-state index in [0.717, 1.165) is 28.2 Å². The number of likely N-dealkylation sites (N-methyl/N-ethyl adjacent to an activating group) is 1. The van der Waals surface area contributed by atoms with Gasteiger partial charge in [-0.25, -0.2) is 17.2 Å². The van der Waals surface area contributed by atoms with Gasteiger partial charge in [0.2, 0.25) is 15.9 Å². The molecule has 0 bridgehead atoms. The van der Waals surface area contributed by atoms with Crippen molar-refractivity contribution in [1.29, 1.82) is 0 Å². The molecule has 1 amide bonds. The van der Waals surface area contributed by atoms with Crippen molar-refractivity contribution in [1.82, 2.24) is 9.21 Å². The number of halogens is 2. The van der Waals surface area contributed by atoms with E-state index in [9.17, 15) is 22.0 Å². The second kappa shape index (κ2) is 8.24. The lowest BCUT2D eigenvalue weighted by Crippen LogP contribution is -2.52. The molecular formula is C19H21F2N3O3S. The van der Waals surface area contributed by atoms with E-state index in [4.69, 9.17) is 0 Å². The number of benzene rings is 2. The molecule has 1 aliphatic rings. The Morgan fingerprint density at radius 3 is 2.11 bits per heavy atom. The Labute approximate surface area is 163 Å². The van der Waals surface area contributed by atoms with Gasteiger partial charge >= 0.3 is 0 Å². The van der Waals surface area contributed by atoms with Crippen LogP contribution in [-0.4, -0.2) is 63.3 Å². The first-order chi connectivity index (χ1) is 13.3. The maximum atomic E-state index is 13.9. The first kappa shape index (κ1) is 20.2. The fraction of sp³-hybridized carbons (Fsp3) is 0.316. The Balaban J connectivity index is 1.63. The number of hydrogen-bond donors (Lipinski definition) is 0. The van der Waals surface area contributed by atoms with Crippen molar-refractivity contribution in [2.45, 2.75) is 4.90 Å². The van der Waals surface area contributed by atoms with Crippen LogP contribution in [0.1, 0.15) is 0 Å². The van der Waals surface area contributed by atoms with E-state index in [1.165, 1.54) is 0 Å². The third kappa shape index (κ3) is 4.15. The van der Waals surface area contributed by atoms with Crippen molar-refractivity contribution in [3.05, 3.63) is 60.2 Å². The maximum absolute atomic E-state index is 13.9. The lowest BCUT2D eigenvalue weighted by atomic mass is 10.3. The predicted octanol–water partition coefficient (Wildman–Crippen LogP) is 1.93. The average molecular weight is 409 g/mol. The van der Waals surface area contributed by atoms with E-state index < -0.39 is 26.6 Å². The summed E-state index contributed by atoms with van der Waals surface area (Å²) in [5.74, 6) is -2.38. The van der Waals surface area contributed by atoms with Crippen LogP contribution in [0.2, 0.25) is 0 Å². The van der Waals surface area contributed by atoms with Crippen LogP contribution in [0.4, 0.5) is 14.5 Å². The van der Waals surface area contributed by atoms with Crippen molar-refractivity contribution in [3.63, 3.8) is 0 Å². The molecule has 0 spiro atoms. The fourth-order valence-corrected chi connectivity index (χ4v) is 4.64. The van der Waals surface area contributed by atoms with Crippen LogP contribution >= 0.6 is 0 Å². The van der Waals surface area contributed by atoms with Gasteiger partial charge in [0.05, 0.1) is 6.54 Å². The predicted molar refractivity (Wildman–Crippen MR) is 101 cm³/mol. The number of piperazine rings is 1. The maximum Gasteiger partial charge on any atom is 0.249 e. The zero-order valence-electron chi connectivity index (χ0n) is 15.4. The molecule has 0 N–H and O–H groups in total. The molecule has 150 valence electrons. The normalized spacial score (nSPS) is 15.5. The van der Waals surface area contributed by atoms with Gasteiger partial charge in [-0.1, -0.05) is 24.3 Å². The number of sulfonamides is 1. The molecule has 0 aliphatic carbocycles. The monoisotopic (exact) mass is 409 g/mol. The smallest absolute Gasteiger partial charge is 0.249 e. The van der Waals surface area contributed by atoms with Crippen LogP contribution < -0.4 is 4.90 Å². The number of carbonyl (C=O) groups is 1. The minimum Gasteiger partial charge on any atom is -0.365 e. The van der Waals surface area contributed by atoms with E-state index in [1.54, 1.807) is 16.8 Å². The quantitative estimate of drug-likeness (QED) is 0.757. The summed E-state index contributed by atoms with van der Waals surface area (Å²) in [5.41, 5.74) is 0.895. The van der Waals surface area contributed by atoms with E-state index in [0.29, 0.717) is 0 Å². The van der Waals surface area contributed by atoms with Gasteiger partial charge in [0.1, 0.15) is 11.6 Å². The SMILES string of the molecule is CN(CC(=O)N1CCN(S(=O)(=O)c2c(F)cccc2F)CC1)c1ccccc1. The lowest BCUT2D eigenvalue weighted by molar-refractivity contribution is -0.130. The summed E-state index contributed by atoms with van der Waals surface area (Å²) in [6.45, 7) is 0.444. The summed E-state index contributed by atoms with van der Waals surface area (Å²) >= 11 is 0. The van der Waals surface area contributed by atoms with Crippen molar-refractivity contribution in [2.75, 3.05) is 44.7 Å². The van der Waals surface area contributed by atoms with Gasteiger partial charge < -0.3 is 9.80 Å². The summed E-state index contributed by atoms with van der Waals surface area (Å²) < 4.78 is 54.0. The number of amides is 1. The standard InChI is InChI=1S/C19H21F2N3O3S/c1-22(15-6-3-2-4-7-15)14-18(25)23-10-12-24(13-11-23)28(26,27)19-16(20)8-5-9-17(19)21/h2-9H,10-14H2,1H3. The van der Waals surface area contributed by atoms with Gasteiger partial charge in [-0.2, -0.15) is 4.31 Å². The highest BCUT2D eigenvalue weighted by molar-refractivity contribution is 7.89. The van der Waals surface area contributed by atoms with Gasteiger partial charge in [-0.3, -0.25) is 4.79 Å². The zero-order chi connectivity index (χ0) is 20.3. The topological polar surface area (TPSA) is 60.9 Å². The van der Waals surface area contributed by atoms with Gasteiger partial charge in [-0.15, -0.1) is 0 Å². The highest BCUT2D eigenvalue weighted by Gasteiger charge is 2.34. The molecule has 2 aromatic carbocycles. The number of anilines is 1. The highest BCUT2D eigenvalue weighted by Crippen LogP contribution is 2.23. The van der Waals surface area contributed by atoms with Crippen LogP contribution in [0, 0.1) is 11.6 Å². The van der Waals surface area contributed by atoms with E-state index in [2.05, 4.69) is 0 Å². The highest BCUT2D eigenvalue weighted by atomic mass is 32.2. The molecule has 1 fully saturated rings. The molecule has 1 aliphatic heterocycles. The number of rotatable bonds is 5. The number of hydrogen-bond acceptors (Lipinski definition) is 4. The van der Waals surface area contributed by atoms with Crippen molar-refractivity contribution < 1.29 is 22.0 Å². The number of para-hydroxylation sites is 1. The molecule has 1 saturated heterocycles. The van der Waals surface area contributed by atoms with E-state index in [-0.39, 0.29) is 38.6 Å². The summed E-state index contributed by atoms with van der Waals surface area (Å²) in [5, 5.41) is 0. The summed E-state index contributed by atoms with van der Waals surface area (Å²) in [6.07, 6.45) is 0. The molecule has 0 atom stereocenters. The van der Waals surface area contributed by atoms with Gasteiger partial charge in [0, 0.05) is 38.9 Å². The second-order valence-corrected chi connectivity index (χ2v) is 8.40. The minimum atomic E-state index is -4.30. The summed E-state index contributed by atoms with van der Waals surface area (Å²) in [4.78, 5) is 14.9. The minimum absolute atomic E-state index is 0.0170. The lowest BCUT2D eigenvalue weighted by Gasteiger charge is -2.35. The number of carbonyl (C=O) groups excluding carboxylic acids is 1. The van der Waals surface area contributed by atoms with Crippen LogP contribution in [0.25, 0.3) is 0 Å². The summed E-state index contributed by atoms with van der Waals surface area (Å²) in [7, 11) is -2.50. The molecule has 2 aromatic rings. The van der Waals surface area contributed by atoms with E-state index in [1.807, 2.05) is 30.3 Å². The van der Waals surface area contributed by atoms with Crippen LogP contribution in [0.3, 0.4) is 0 Å². The van der Waals surface area contributed by atoms with Gasteiger partial charge in [-0.05, 0) is 24.3 Å². The molecule has 0 unspecified atom stereocenters. The molecule has 0 aromatic heterocycles. The second-order valence-electron chi connectivity index (χ2n) is 6.53. The molecule has 1 heterocycles. The van der Waals surface area contributed by atoms with Gasteiger partial charge in [0.25, 0.3) is 0 Å². The Kier molecular flexibility index (Phi) is 5.95. The molecule has 9 heteroatoms. The number of nitrogens with zero attached hydrogens (tertiary/aromatic N) is 3.